The number of pyridine rings is 1. The third-order valence-electron chi connectivity index (χ3n) is 7.81. The Hall–Kier alpha value is -2.78. The maximum Gasteiger partial charge on any atom is 0.220 e. The van der Waals surface area contributed by atoms with E-state index in [-0.39, 0.29) is 11.7 Å². The van der Waals surface area contributed by atoms with Crippen molar-refractivity contribution in [2.75, 3.05) is 0 Å². The molecule has 4 rings (SSSR count). The number of halogens is 1. The van der Waals surface area contributed by atoms with Gasteiger partial charge in [-0.25, -0.2) is 8.96 Å². The lowest BCUT2D eigenvalue weighted by Crippen LogP contribution is -2.44. The molecule has 4 aromatic rings. The van der Waals surface area contributed by atoms with Crippen LogP contribution in [-0.4, -0.2) is 8.07 Å². The Balaban J connectivity index is 2.04. The summed E-state index contributed by atoms with van der Waals surface area (Å²) in [7, 11) is 0.557. The molecule has 0 atom stereocenters. The first-order chi connectivity index (χ1) is 16.0. The van der Waals surface area contributed by atoms with Crippen LogP contribution < -0.4 is 9.75 Å². The van der Waals surface area contributed by atoms with Crippen LogP contribution in [0.25, 0.3) is 33.2 Å². The Morgan fingerprint density at radius 2 is 1.53 bits per heavy atom. The molecule has 1 aromatic heterocycles. The molecule has 0 fully saturated rings. The summed E-state index contributed by atoms with van der Waals surface area (Å²) >= 11 is 0. The number of aromatic nitrogens is 1. The van der Waals surface area contributed by atoms with Gasteiger partial charge in [-0.3, -0.25) is 0 Å². The van der Waals surface area contributed by atoms with Gasteiger partial charge >= 0.3 is 0 Å². The van der Waals surface area contributed by atoms with Crippen molar-refractivity contribution in [2.45, 2.75) is 59.2 Å². The van der Waals surface area contributed by atoms with Gasteiger partial charge in [-0.2, -0.15) is 0 Å². The van der Waals surface area contributed by atoms with E-state index in [1.54, 1.807) is 0 Å². The van der Waals surface area contributed by atoms with Gasteiger partial charge in [0, 0.05) is 11.6 Å². The molecule has 0 saturated carbocycles. The lowest BCUT2D eigenvalue weighted by molar-refractivity contribution is -0.659. The normalized spacial score (nSPS) is 12.2. The third kappa shape index (κ3) is 4.11. The number of benzene rings is 3. The van der Waals surface area contributed by atoms with Gasteiger partial charge in [-0.05, 0) is 52.6 Å². The van der Waals surface area contributed by atoms with E-state index in [4.69, 9.17) is 0 Å². The molecule has 0 saturated heterocycles. The molecule has 3 heteroatoms. The first-order valence-corrected chi connectivity index (χ1v) is 15.4. The monoisotopic (exact) mass is 470 g/mol. The standard InChI is InChI=1S/C31H37FNSi/c1-20(2)29-22(5)27(19-28(30(29)32)23-12-10-9-11-13-23)31-26-15-14-25(34(7,8)21(3)4)18-24(26)16-17-33(31)6/h9-21H,1-8H3/q+1. The predicted molar refractivity (Wildman–Crippen MR) is 147 cm³/mol. The largest absolute Gasteiger partial charge is 0.220 e. The highest BCUT2D eigenvalue weighted by Gasteiger charge is 2.29. The smallest absolute Gasteiger partial charge is 0.206 e. The summed E-state index contributed by atoms with van der Waals surface area (Å²) in [6.45, 7) is 15.8. The second kappa shape index (κ2) is 9.11. The second-order valence-corrected chi connectivity index (χ2v) is 16.0. The maximum absolute atomic E-state index is 15.8. The van der Waals surface area contributed by atoms with Gasteiger partial charge in [0.15, 0.2) is 6.20 Å². The van der Waals surface area contributed by atoms with Crippen molar-refractivity contribution in [3.63, 3.8) is 0 Å². The Bertz CT molecular complexity index is 1350. The van der Waals surface area contributed by atoms with Gasteiger partial charge in [-0.1, -0.05) is 88.4 Å². The Kier molecular flexibility index (Phi) is 6.52. The molecular weight excluding hydrogens is 433 g/mol. The molecule has 0 aliphatic heterocycles. The van der Waals surface area contributed by atoms with Gasteiger partial charge in [0.25, 0.3) is 0 Å². The van der Waals surface area contributed by atoms with Crippen LogP contribution in [0.1, 0.15) is 44.7 Å². The Morgan fingerprint density at radius 3 is 2.15 bits per heavy atom. The van der Waals surface area contributed by atoms with Gasteiger partial charge < -0.3 is 0 Å². The average molecular weight is 471 g/mol. The SMILES string of the molecule is Cc1c(-c2c3ccc([Si](C)(C)C(C)C)cc3cc[n+]2C)cc(-c2ccccc2)c(F)c1C(C)C. The quantitative estimate of drug-likeness (QED) is 0.206. The zero-order valence-electron chi connectivity index (χ0n) is 21.8. The lowest BCUT2D eigenvalue weighted by Gasteiger charge is -2.27. The number of hydrogen-bond acceptors (Lipinski definition) is 0. The van der Waals surface area contributed by atoms with Crippen molar-refractivity contribution >= 4 is 24.0 Å². The van der Waals surface area contributed by atoms with Crippen LogP contribution in [0.15, 0.2) is 66.9 Å². The summed E-state index contributed by atoms with van der Waals surface area (Å²) in [5.41, 5.74) is 6.33. The van der Waals surface area contributed by atoms with Crippen LogP contribution >= 0.6 is 0 Å². The Labute approximate surface area is 205 Å². The molecule has 0 N–H and O–H groups in total. The van der Waals surface area contributed by atoms with Gasteiger partial charge in [0.05, 0.1) is 19.0 Å². The lowest BCUT2D eigenvalue weighted by atomic mass is 9.86. The van der Waals surface area contributed by atoms with E-state index in [0.29, 0.717) is 11.1 Å². The molecule has 0 spiro atoms. The van der Waals surface area contributed by atoms with Crippen molar-refractivity contribution in [3.8, 4) is 22.4 Å². The highest BCUT2D eigenvalue weighted by molar-refractivity contribution is 6.91. The van der Waals surface area contributed by atoms with E-state index in [1.807, 2.05) is 30.3 Å². The molecule has 0 bridgehead atoms. The molecule has 3 aromatic carbocycles. The molecule has 0 radical (unpaired) electrons. The van der Waals surface area contributed by atoms with Crippen LogP contribution in [0.2, 0.25) is 18.6 Å². The number of nitrogens with zero attached hydrogens (tertiary/aromatic N) is 1. The number of aryl methyl sites for hydroxylation is 1. The third-order valence-corrected chi connectivity index (χ3v) is 12.5. The fourth-order valence-corrected chi connectivity index (χ4v) is 6.68. The van der Waals surface area contributed by atoms with E-state index in [2.05, 4.69) is 95.9 Å². The first kappa shape index (κ1) is 24.3. The molecule has 0 aliphatic carbocycles. The van der Waals surface area contributed by atoms with E-state index >= 15 is 4.39 Å². The summed E-state index contributed by atoms with van der Waals surface area (Å²) in [4.78, 5) is 0. The fraction of sp³-hybridized carbons (Fsp3) is 0.323. The molecule has 34 heavy (non-hydrogen) atoms. The minimum absolute atomic E-state index is 0.0899. The van der Waals surface area contributed by atoms with Crippen LogP contribution in [0.3, 0.4) is 0 Å². The maximum atomic E-state index is 15.8. The van der Waals surface area contributed by atoms with Crippen molar-refractivity contribution < 1.29 is 8.96 Å². The molecule has 0 amide bonds. The number of fused-ring (bicyclic) bond motifs is 1. The fourth-order valence-electron chi connectivity index (χ4n) is 4.97. The summed E-state index contributed by atoms with van der Waals surface area (Å²) in [6, 6.07) is 21.2. The topological polar surface area (TPSA) is 3.88 Å². The van der Waals surface area contributed by atoms with Gasteiger partial charge in [0.2, 0.25) is 5.69 Å². The van der Waals surface area contributed by atoms with Crippen molar-refractivity contribution in [2.24, 2.45) is 7.05 Å². The molecule has 1 nitrogen and oxygen atoms in total. The summed E-state index contributed by atoms with van der Waals surface area (Å²) in [5, 5.41) is 3.95. The summed E-state index contributed by atoms with van der Waals surface area (Å²) < 4.78 is 18.0. The van der Waals surface area contributed by atoms with Crippen molar-refractivity contribution in [3.05, 3.63) is 83.8 Å². The molecular formula is C31H37FNSi+. The Morgan fingerprint density at radius 1 is 0.853 bits per heavy atom. The number of rotatable bonds is 5. The van der Waals surface area contributed by atoms with Gasteiger partial charge in [-0.15, -0.1) is 0 Å². The van der Waals surface area contributed by atoms with Crippen LogP contribution in [0.5, 0.6) is 0 Å². The summed E-state index contributed by atoms with van der Waals surface area (Å²) in [6.07, 6.45) is 2.14. The summed E-state index contributed by atoms with van der Waals surface area (Å²) in [5.74, 6) is -0.00977. The van der Waals surface area contributed by atoms with E-state index in [9.17, 15) is 0 Å². The highest BCUT2D eigenvalue weighted by Crippen LogP contribution is 2.39. The van der Waals surface area contributed by atoms with E-state index < -0.39 is 8.07 Å². The van der Waals surface area contributed by atoms with E-state index in [0.717, 1.165) is 27.9 Å². The minimum atomic E-state index is -1.54. The minimum Gasteiger partial charge on any atom is -0.206 e. The zero-order valence-corrected chi connectivity index (χ0v) is 22.8. The number of hydrogen-bond donors (Lipinski definition) is 0. The highest BCUT2D eigenvalue weighted by atomic mass is 28.3. The van der Waals surface area contributed by atoms with Gasteiger partial charge in [0.1, 0.15) is 12.9 Å². The van der Waals surface area contributed by atoms with E-state index in [1.165, 1.54) is 16.0 Å². The molecule has 176 valence electrons. The van der Waals surface area contributed by atoms with Crippen LogP contribution in [0.4, 0.5) is 4.39 Å². The average Bonchev–Trinajstić information content (AvgIpc) is 2.79. The second-order valence-electron chi connectivity index (χ2n) is 10.8. The van der Waals surface area contributed by atoms with Crippen molar-refractivity contribution in [1.29, 1.82) is 0 Å². The molecule has 1 heterocycles. The van der Waals surface area contributed by atoms with Crippen LogP contribution in [-0.2, 0) is 7.05 Å². The van der Waals surface area contributed by atoms with Crippen LogP contribution in [0, 0.1) is 12.7 Å². The predicted octanol–water partition coefficient (Wildman–Crippen LogP) is 7.89. The molecule has 0 unspecified atom stereocenters. The first-order valence-electron chi connectivity index (χ1n) is 12.4. The molecule has 0 aliphatic rings. The van der Waals surface area contributed by atoms with Crippen molar-refractivity contribution in [1.82, 2.24) is 0 Å². The zero-order chi connectivity index (χ0) is 24.8.